The normalized spacial score (nSPS) is 29.3. The molecule has 0 radical (unpaired) electrons. The molecule has 1 fully saturated rings. The molecule has 13 heavy (non-hydrogen) atoms. The third kappa shape index (κ3) is 1.03. The van der Waals surface area contributed by atoms with Gasteiger partial charge in [-0.3, -0.25) is 4.98 Å². The Morgan fingerprint density at radius 3 is 3.00 bits per heavy atom. The summed E-state index contributed by atoms with van der Waals surface area (Å²) in [6, 6.07) is 4.50. The first-order chi connectivity index (χ1) is 6.36. The second kappa shape index (κ2) is 2.57. The smallest absolute Gasteiger partial charge is 0.0470 e. The molecule has 0 amide bonds. The minimum Gasteiger partial charge on any atom is -0.257 e. The van der Waals surface area contributed by atoms with Crippen LogP contribution in [0.3, 0.4) is 0 Å². The molecule has 2 bridgehead atoms. The maximum Gasteiger partial charge on any atom is 0.0470 e. The van der Waals surface area contributed by atoms with Crippen LogP contribution in [0.2, 0.25) is 0 Å². The molecule has 3 aliphatic carbocycles. The van der Waals surface area contributed by atoms with E-state index in [1.165, 1.54) is 36.2 Å². The van der Waals surface area contributed by atoms with Gasteiger partial charge in [-0.25, -0.2) is 0 Å². The predicted molar refractivity (Wildman–Crippen MR) is 52.8 cm³/mol. The maximum absolute atomic E-state index is 4.75. The van der Waals surface area contributed by atoms with Crippen LogP contribution in [0.4, 0.5) is 0 Å². The van der Waals surface area contributed by atoms with Gasteiger partial charge in [-0.2, -0.15) is 0 Å². The molecule has 0 saturated heterocycles. The molecule has 1 aromatic rings. The molecule has 1 aromatic heterocycles. The van der Waals surface area contributed by atoms with Gasteiger partial charge in [0.1, 0.15) is 0 Å². The summed E-state index contributed by atoms with van der Waals surface area (Å²) in [6.45, 7) is 2.18. The molecule has 0 unspecified atom stereocenters. The highest BCUT2D eigenvalue weighted by molar-refractivity contribution is 5.32. The van der Waals surface area contributed by atoms with E-state index in [1.54, 1.807) is 0 Å². The van der Waals surface area contributed by atoms with Crippen LogP contribution in [0, 0.1) is 5.92 Å². The van der Waals surface area contributed by atoms with Gasteiger partial charge in [0.25, 0.3) is 0 Å². The number of nitrogens with zero attached hydrogens (tertiary/aromatic N) is 1. The topological polar surface area (TPSA) is 12.9 Å². The van der Waals surface area contributed by atoms with E-state index in [1.807, 2.05) is 0 Å². The fourth-order valence-corrected chi connectivity index (χ4v) is 2.71. The van der Waals surface area contributed by atoms with Crippen molar-refractivity contribution in [2.24, 2.45) is 5.92 Å². The van der Waals surface area contributed by atoms with E-state index in [2.05, 4.69) is 19.1 Å². The molecule has 1 heteroatoms. The quantitative estimate of drug-likeness (QED) is 0.636. The van der Waals surface area contributed by atoms with Gasteiger partial charge in [0.15, 0.2) is 0 Å². The maximum atomic E-state index is 4.75. The first kappa shape index (κ1) is 7.54. The SMILES string of the molecule is CCc1ccc2c(n1)C1CC(C2)C1. The van der Waals surface area contributed by atoms with Gasteiger partial charge in [0, 0.05) is 17.3 Å². The summed E-state index contributed by atoms with van der Waals surface area (Å²) in [7, 11) is 0. The average molecular weight is 173 g/mol. The number of aryl methyl sites for hydroxylation is 1. The third-order valence-electron chi connectivity index (χ3n) is 3.56. The lowest BCUT2D eigenvalue weighted by molar-refractivity contribution is 0.231. The molecular formula is C12H15N. The fourth-order valence-electron chi connectivity index (χ4n) is 2.71. The highest BCUT2D eigenvalue weighted by Crippen LogP contribution is 2.48. The van der Waals surface area contributed by atoms with Crippen molar-refractivity contribution in [1.82, 2.24) is 4.98 Å². The highest BCUT2D eigenvalue weighted by atomic mass is 14.7. The first-order valence-corrected chi connectivity index (χ1v) is 5.35. The van der Waals surface area contributed by atoms with Crippen LogP contribution in [-0.4, -0.2) is 4.98 Å². The summed E-state index contributed by atoms with van der Waals surface area (Å²) in [5.74, 6) is 1.81. The molecule has 0 N–H and O–H groups in total. The van der Waals surface area contributed by atoms with Crippen LogP contribution in [0.15, 0.2) is 12.1 Å². The summed E-state index contributed by atoms with van der Waals surface area (Å²) in [6.07, 6.45) is 5.19. The van der Waals surface area contributed by atoms with Gasteiger partial charge >= 0.3 is 0 Å². The van der Waals surface area contributed by atoms with Gasteiger partial charge in [-0.15, -0.1) is 0 Å². The lowest BCUT2D eigenvalue weighted by Gasteiger charge is -2.41. The molecule has 1 nitrogen and oxygen atoms in total. The monoisotopic (exact) mass is 173 g/mol. The summed E-state index contributed by atoms with van der Waals surface area (Å²) >= 11 is 0. The van der Waals surface area contributed by atoms with E-state index in [0.717, 1.165) is 18.3 Å². The minimum atomic E-state index is 0.820. The second-order valence-corrected chi connectivity index (χ2v) is 4.44. The van der Waals surface area contributed by atoms with Crippen molar-refractivity contribution in [3.05, 3.63) is 29.1 Å². The predicted octanol–water partition coefficient (Wildman–Crippen LogP) is 2.69. The zero-order valence-corrected chi connectivity index (χ0v) is 8.09. The molecule has 1 saturated carbocycles. The molecule has 0 spiro atoms. The Labute approximate surface area is 79.2 Å². The Bertz CT molecular complexity index is 337. The first-order valence-electron chi connectivity index (χ1n) is 5.35. The van der Waals surface area contributed by atoms with E-state index < -0.39 is 0 Å². The van der Waals surface area contributed by atoms with E-state index in [4.69, 9.17) is 4.98 Å². The van der Waals surface area contributed by atoms with Crippen molar-refractivity contribution in [1.29, 1.82) is 0 Å². The van der Waals surface area contributed by atoms with Crippen LogP contribution in [0.25, 0.3) is 0 Å². The molecule has 0 aliphatic heterocycles. The van der Waals surface area contributed by atoms with E-state index in [-0.39, 0.29) is 0 Å². The third-order valence-corrected chi connectivity index (χ3v) is 3.56. The second-order valence-electron chi connectivity index (χ2n) is 4.44. The summed E-state index contributed by atoms with van der Waals surface area (Å²) < 4.78 is 0. The molecule has 68 valence electrons. The Morgan fingerprint density at radius 1 is 1.38 bits per heavy atom. The number of hydrogen-bond acceptors (Lipinski definition) is 1. The van der Waals surface area contributed by atoms with Gasteiger partial charge in [-0.1, -0.05) is 13.0 Å². The Balaban J connectivity index is 2.07. The molecular weight excluding hydrogens is 158 g/mol. The number of pyridine rings is 1. The summed E-state index contributed by atoms with van der Waals surface area (Å²) in [4.78, 5) is 4.75. The largest absolute Gasteiger partial charge is 0.257 e. The molecule has 0 atom stereocenters. The van der Waals surface area contributed by atoms with E-state index >= 15 is 0 Å². The highest BCUT2D eigenvalue weighted by Gasteiger charge is 2.37. The lowest BCUT2D eigenvalue weighted by Crippen LogP contribution is -2.31. The van der Waals surface area contributed by atoms with Crippen molar-refractivity contribution >= 4 is 0 Å². The van der Waals surface area contributed by atoms with E-state index in [9.17, 15) is 0 Å². The van der Waals surface area contributed by atoms with Crippen LogP contribution in [0.5, 0.6) is 0 Å². The van der Waals surface area contributed by atoms with Crippen LogP contribution < -0.4 is 0 Å². The zero-order valence-electron chi connectivity index (χ0n) is 8.09. The van der Waals surface area contributed by atoms with Gasteiger partial charge in [0.2, 0.25) is 0 Å². The lowest BCUT2D eigenvalue weighted by atomic mass is 9.64. The van der Waals surface area contributed by atoms with Crippen LogP contribution in [0.1, 0.15) is 42.6 Å². The van der Waals surface area contributed by atoms with Crippen molar-refractivity contribution in [3.8, 4) is 0 Å². The summed E-state index contributed by atoms with van der Waals surface area (Å²) in [5.41, 5.74) is 4.23. The van der Waals surface area contributed by atoms with Crippen LogP contribution >= 0.6 is 0 Å². The Kier molecular flexibility index (Phi) is 1.49. The molecule has 4 rings (SSSR count). The van der Waals surface area contributed by atoms with E-state index in [0.29, 0.717) is 0 Å². The molecule has 1 heterocycles. The minimum absolute atomic E-state index is 0.820. The Morgan fingerprint density at radius 2 is 2.23 bits per heavy atom. The van der Waals surface area contributed by atoms with Gasteiger partial charge in [-0.05, 0) is 43.2 Å². The fraction of sp³-hybridized carbons (Fsp3) is 0.583. The van der Waals surface area contributed by atoms with Gasteiger partial charge in [0.05, 0.1) is 0 Å². The molecule has 0 aromatic carbocycles. The zero-order chi connectivity index (χ0) is 8.84. The number of aromatic nitrogens is 1. The van der Waals surface area contributed by atoms with Crippen molar-refractivity contribution in [2.75, 3.05) is 0 Å². The van der Waals surface area contributed by atoms with Crippen molar-refractivity contribution in [2.45, 2.75) is 38.5 Å². The van der Waals surface area contributed by atoms with Gasteiger partial charge < -0.3 is 0 Å². The summed E-state index contributed by atoms with van der Waals surface area (Å²) in [5, 5.41) is 0. The van der Waals surface area contributed by atoms with Crippen molar-refractivity contribution < 1.29 is 0 Å². The standard InChI is InChI=1S/C12H15N/c1-2-11-4-3-9-5-8-6-10(7-8)12(9)13-11/h3-4,8,10H,2,5-7H2,1H3. The average Bonchev–Trinajstić information content (AvgIpc) is 2.14. The van der Waals surface area contributed by atoms with Crippen molar-refractivity contribution in [3.63, 3.8) is 0 Å². The Hall–Kier alpha value is -0.850. The van der Waals surface area contributed by atoms with Crippen LogP contribution in [-0.2, 0) is 12.8 Å². The number of hydrogen-bond donors (Lipinski definition) is 0. The molecule has 3 aliphatic rings. The number of rotatable bonds is 1.